The van der Waals surface area contributed by atoms with Crippen LogP contribution in [0, 0.1) is 0 Å². The molecule has 10 atom stereocenters. The van der Waals surface area contributed by atoms with Crippen LogP contribution in [0.15, 0.2) is 45.6 Å². The molecule has 3 heterocycles. The van der Waals surface area contributed by atoms with E-state index in [0.717, 1.165) is 12.1 Å². The number of phenolic OH excluding ortho intramolecular Hbond substituents is 1. The van der Waals surface area contributed by atoms with E-state index in [1.807, 2.05) is 0 Å². The van der Waals surface area contributed by atoms with Crippen molar-refractivity contribution in [2.75, 3.05) is 7.11 Å². The van der Waals surface area contributed by atoms with Crippen molar-refractivity contribution < 1.29 is 73.7 Å². The highest BCUT2D eigenvalue weighted by Gasteiger charge is 2.48. The molecule has 2 fully saturated rings. The van der Waals surface area contributed by atoms with Crippen molar-refractivity contribution in [3.8, 4) is 34.3 Å². The molecule has 2 aromatic carbocycles. The quantitative estimate of drug-likeness (QED) is 0.152. The molecule has 238 valence electrons. The molecule has 16 nitrogen and oxygen atoms in total. The Bertz CT molecular complexity index is 1590. The summed E-state index contributed by atoms with van der Waals surface area (Å²) in [6.07, 6.45) is -16.0. The minimum atomic E-state index is -1.94. The maximum absolute atomic E-state index is 13.0. The Morgan fingerprint density at radius 2 is 1.45 bits per heavy atom. The van der Waals surface area contributed by atoms with Crippen LogP contribution in [0.5, 0.6) is 23.0 Å². The summed E-state index contributed by atoms with van der Waals surface area (Å²) in [6, 6.07) is 7.62. The van der Waals surface area contributed by atoms with E-state index in [1.165, 1.54) is 38.3 Å². The third-order valence-corrected chi connectivity index (χ3v) is 7.35. The molecule has 0 radical (unpaired) electrons. The third-order valence-electron chi connectivity index (χ3n) is 7.35. The molecule has 2 saturated heterocycles. The van der Waals surface area contributed by atoms with Crippen LogP contribution in [0.4, 0.5) is 0 Å². The van der Waals surface area contributed by atoms with E-state index in [1.54, 1.807) is 0 Å². The van der Waals surface area contributed by atoms with Gasteiger partial charge in [-0.25, -0.2) is 4.79 Å². The molecule has 16 heteroatoms. The average molecular weight is 623 g/mol. The number of aliphatic carboxylic acids is 1. The van der Waals surface area contributed by atoms with Gasteiger partial charge >= 0.3 is 5.97 Å². The number of phenols is 1. The van der Waals surface area contributed by atoms with Crippen molar-refractivity contribution in [2.45, 2.75) is 68.3 Å². The number of carboxylic acids is 1. The van der Waals surface area contributed by atoms with Crippen molar-refractivity contribution in [3.05, 3.63) is 46.6 Å². The largest absolute Gasteiger partial charge is 0.507 e. The number of aromatic hydroxyl groups is 1. The number of carboxylic acid groups (broad SMARTS) is 1. The lowest BCUT2D eigenvalue weighted by atomic mass is 9.99. The zero-order valence-corrected chi connectivity index (χ0v) is 23.1. The number of carbonyl (C=O) groups is 1. The van der Waals surface area contributed by atoms with E-state index in [-0.39, 0.29) is 34.0 Å². The predicted octanol–water partition coefficient (Wildman–Crippen LogP) is -1.35. The number of aliphatic hydroxyl groups excluding tert-OH is 6. The van der Waals surface area contributed by atoms with Crippen LogP contribution in [0.1, 0.15) is 6.92 Å². The molecule has 2 aliphatic rings. The van der Waals surface area contributed by atoms with Gasteiger partial charge in [-0.05, 0) is 25.1 Å². The number of rotatable bonds is 7. The van der Waals surface area contributed by atoms with Crippen LogP contribution in [0.25, 0.3) is 22.3 Å². The Balaban J connectivity index is 1.44. The van der Waals surface area contributed by atoms with Gasteiger partial charge in [0.05, 0.1) is 13.2 Å². The Hall–Kier alpha value is -4.00. The second-order valence-corrected chi connectivity index (χ2v) is 10.3. The first-order chi connectivity index (χ1) is 20.8. The van der Waals surface area contributed by atoms with Gasteiger partial charge in [0, 0.05) is 23.8 Å². The fourth-order valence-electron chi connectivity index (χ4n) is 4.89. The zero-order chi connectivity index (χ0) is 32.0. The van der Waals surface area contributed by atoms with Gasteiger partial charge in [0.15, 0.2) is 23.0 Å². The number of methoxy groups -OCH3 is 1. The monoisotopic (exact) mass is 622 g/mol. The van der Waals surface area contributed by atoms with Crippen molar-refractivity contribution in [1.82, 2.24) is 0 Å². The maximum Gasteiger partial charge on any atom is 0.335 e. The lowest BCUT2D eigenvalue weighted by Gasteiger charge is -2.39. The van der Waals surface area contributed by atoms with E-state index in [0.29, 0.717) is 5.56 Å². The van der Waals surface area contributed by atoms with Gasteiger partial charge in [-0.3, -0.25) is 4.79 Å². The van der Waals surface area contributed by atoms with Crippen LogP contribution in [-0.4, -0.2) is 115 Å². The molecule has 0 bridgehead atoms. The number of fused-ring (bicyclic) bond motifs is 1. The van der Waals surface area contributed by atoms with Crippen molar-refractivity contribution in [2.24, 2.45) is 0 Å². The number of aliphatic hydroxyl groups is 6. The lowest BCUT2D eigenvalue weighted by molar-refractivity contribution is -0.271. The Kier molecular flexibility index (Phi) is 8.70. The maximum atomic E-state index is 13.0. The Labute approximate surface area is 247 Å². The molecule has 10 unspecified atom stereocenters. The van der Waals surface area contributed by atoms with E-state index < -0.39 is 78.6 Å². The molecule has 0 amide bonds. The molecule has 5 rings (SSSR count). The van der Waals surface area contributed by atoms with Crippen LogP contribution < -0.4 is 19.6 Å². The van der Waals surface area contributed by atoms with E-state index in [2.05, 4.69) is 0 Å². The first-order valence-corrected chi connectivity index (χ1v) is 13.3. The first kappa shape index (κ1) is 31.4. The Morgan fingerprint density at radius 3 is 2.11 bits per heavy atom. The van der Waals surface area contributed by atoms with Gasteiger partial charge in [-0.1, -0.05) is 0 Å². The molecule has 8 N–H and O–H groups in total. The molecule has 44 heavy (non-hydrogen) atoms. The number of ether oxygens (including phenoxy) is 5. The fourth-order valence-corrected chi connectivity index (χ4v) is 4.89. The van der Waals surface area contributed by atoms with E-state index in [4.69, 9.17) is 28.1 Å². The zero-order valence-electron chi connectivity index (χ0n) is 23.1. The van der Waals surface area contributed by atoms with Crippen LogP contribution in [0.3, 0.4) is 0 Å². The Morgan fingerprint density at radius 1 is 0.795 bits per heavy atom. The molecule has 3 aromatic rings. The summed E-state index contributed by atoms with van der Waals surface area (Å²) in [5.41, 5.74) is -0.522. The van der Waals surface area contributed by atoms with Gasteiger partial charge in [0.25, 0.3) is 0 Å². The van der Waals surface area contributed by atoms with Gasteiger partial charge in [0.2, 0.25) is 12.6 Å². The van der Waals surface area contributed by atoms with E-state index in [9.17, 15) is 50.4 Å². The van der Waals surface area contributed by atoms with Gasteiger partial charge in [-0.15, -0.1) is 0 Å². The van der Waals surface area contributed by atoms with Crippen molar-refractivity contribution >= 4 is 16.9 Å². The molecule has 0 saturated carbocycles. The molecule has 0 aliphatic carbocycles. The van der Waals surface area contributed by atoms with Gasteiger partial charge in [-0.2, -0.15) is 0 Å². The minimum Gasteiger partial charge on any atom is -0.507 e. The summed E-state index contributed by atoms with van der Waals surface area (Å²) in [5.74, 6) is -2.22. The van der Waals surface area contributed by atoms with Crippen LogP contribution >= 0.6 is 0 Å². The topological polar surface area (TPSA) is 255 Å². The molecule has 0 spiro atoms. The van der Waals surface area contributed by atoms with Crippen LogP contribution in [0.2, 0.25) is 0 Å². The SMILES string of the molecule is COc1cc(-c2cc(=O)c3c(O)cc(OC4OC(C(=O)O)C(O)C(O)C4O)cc3o2)ccc1OC1OC(C)C(O)C(O)C1O. The number of hydrogen-bond donors (Lipinski definition) is 8. The highest BCUT2D eigenvalue weighted by Crippen LogP contribution is 2.37. The van der Waals surface area contributed by atoms with Gasteiger partial charge in [0.1, 0.15) is 64.9 Å². The van der Waals surface area contributed by atoms with Crippen LogP contribution in [-0.2, 0) is 14.3 Å². The van der Waals surface area contributed by atoms with Crippen molar-refractivity contribution in [3.63, 3.8) is 0 Å². The average Bonchev–Trinajstić information content (AvgIpc) is 2.98. The molecular formula is C28H30O16. The number of benzene rings is 2. The second-order valence-electron chi connectivity index (χ2n) is 10.3. The van der Waals surface area contributed by atoms with E-state index >= 15 is 0 Å². The summed E-state index contributed by atoms with van der Waals surface area (Å²) >= 11 is 0. The number of hydrogen-bond acceptors (Lipinski definition) is 15. The van der Waals surface area contributed by atoms with Crippen molar-refractivity contribution in [1.29, 1.82) is 0 Å². The summed E-state index contributed by atoms with van der Waals surface area (Å²) in [7, 11) is 1.33. The van der Waals surface area contributed by atoms with Gasteiger partial charge < -0.3 is 69.0 Å². The minimum absolute atomic E-state index is 0.00320. The highest BCUT2D eigenvalue weighted by molar-refractivity contribution is 5.86. The smallest absolute Gasteiger partial charge is 0.335 e. The summed E-state index contributed by atoms with van der Waals surface area (Å²) in [6.45, 7) is 1.50. The second kappa shape index (κ2) is 12.2. The fraction of sp³-hybridized carbons (Fsp3) is 0.429. The normalized spacial score (nSPS) is 32.3. The highest BCUT2D eigenvalue weighted by atomic mass is 16.7. The summed E-state index contributed by atoms with van der Waals surface area (Å²) in [4.78, 5) is 24.4. The predicted molar refractivity (Wildman–Crippen MR) is 144 cm³/mol. The molecule has 2 aliphatic heterocycles. The molecular weight excluding hydrogens is 592 g/mol. The third kappa shape index (κ3) is 5.76. The lowest BCUT2D eigenvalue weighted by Crippen LogP contribution is -2.61. The standard InChI is InChI=1S/C28H30O16/c1-9-19(31)20(32)23(35)27(40-9)43-14-4-3-10(5-16(14)39-2)15-8-13(30)18-12(29)6-11(7-17(18)42-15)41-28-24(36)21(33)22(34)25(44-28)26(37)38/h3-9,19-25,27-29,31-36H,1-2H3,(H,37,38). The first-order valence-electron chi connectivity index (χ1n) is 13.3. The molecule has 1 aromatic heterocycles. The summed E-state index contributed by atoms with van der Waals surface area (Å²) < 4.78 is 33.0. The summed E-state index contributed by atoms with van der Waals surface area (Å²) in [5, 5.41) is 80.0.